The van der Waals surface area contributed by atoms with Crippen LogP contribution in [0.25, 0.3) is 0 Å². The molecule has 1 aromatic rings. The van der Waals surface area contributed by atoms with Crippen LogP contribution in [0, 0.1) is 5.92 Å². The number of ether oxygens (including phenoxy) is 1. The maximum Gasteiger partial charge on any atom is 0.254 e. The Hall–Kier alpha value is -1.60. The molecule has 7 heteroatoms. The summed E-state index contributed by atoms with van der Waals surface area (Å²) < 4.78 is 33.7. The number of nitrogens with one attached hydrogen (secondary N) is 1. The second-order valence-electron chi connectivity index (χ2n) is 8.97. The standard InChI is InChI=1S/C21H32N2O4S/c1-21(2,3)22-28(25,26)19-14-16(11-12-18(19)27-4)20(24)23-13-7-9-15-8-5-6-10-17(15)23/h11-12,14-15,17,22H,5-10,13H2,1-4H3. The largest absolute Gasteiger partial charge is 0.495 e. The summed E-state index contributed by atoms with van der Waals surface area (Å²) in [7, 11) is -2.38. The summed E-state index contributed by atoms with van der Waals surface area (Å²) >= 11 is 0. The second-order valence-corrected chi connectivity index (χ2v) is 10.6. The molecule has 1 amide bonds. The van der Waals surface area contributed by atoms with E-state index in [1.54, 1.807) is 32.9 Å². The third-order valence-electron chi connectivity index (χ3n) is 5.64. The lowest BCUT2D eigenvalue weighted by Crippen LogP contribution is -2.49. The van der Waals surface area contributed by atoms with Crippen LogP contribution >= 0.6 is 0 Å². The molecule has 0 bridgehead atoms. The minimum Gasteiger partial charge on any atom is -0.495 e. The Balaban J connectivity index is 1.93. The van der Waals surface area contributed by atoms with E-state index in [0.717, 1.165) is 25.8 Å². The molecule has 1 N–H and O–H groups in total. The van der Waals surface area contributed by atoms with Gasteiger partial charge in [-0.05, 0) is 70.6 Å². The van der Waals surface area contributed by atoms with Gasteiger partial charge in [0.25, 0.3) is 5.91 Å². The number of rotatable bonds is 4. The monoisotopic (exact) mass is 408 g/mol. The summed E-state index contributed by atoms with van der Waals surface area (Å²) in [6, 6.07) is 4.99. The molecule has 0 spiro atoms. The van der Waals surface area contributed by atoms with E-state index in [9.17, 15) is 13.2 Å². The third kappa shape index (κ3) is 4.51. The molecular formula is C21H32N2O4S. The van der Waals surface area contributed by atoms with Crippen LogP contribution in [0.2, 0.25) is 0 Å². The number of fused-ring (bicyclic) bond motifs is 1. The normalized spacial score (nSPS) is 23.2. The zero-order valence-electron chi connectivity index (χ0n) is 17.3. The number of carbonyl (C=O) groups is 1. The van der Waals surface area contributed by atoms with Crippen LogP contribution in [0.3, 0.4) is 0 Å². The van der Waals surface area contributed by atoms with E-state index in [1.165, 1.54) is 32.4 Å². The smallest absolute Gasteiger partial charge is 0.254 e. The Morgan fingerprint density at radius 2 is 1.82 bits per heavy atom. The summed E-state index contributed by atoms with van der Waals surface area (Å²) in [5.41, 5.74) is -0.229. The van der Waals surface area contributed by atoms with Crippen molar-refractivity contribution in [1.29, 1.82) is 0 Å². The lowest BCUT2D eigenvalue weighted by Gasteiger charge is -2.44. The van der Waals surface area contributed by atoms with Gasteiger partial charge in [0.2, 0.25) is 10.0 Å². The molecule has 6 nitrogen and oxygen atoms in total. The van der Waals surface area contributed by atoms with E-state index in [2.05, 4.69) is 4.72 Å². The van der Waals surface area contributed by atoms with E-state index >= 15 is 0 Å². The number of benzene rings is 1. The highest BCUT2D eigenvalue weighted by molar-refractivity contribution is 7.89. The fraction of sp³-hybridized carbons (Fsp3) is 0.667. The molecule has 1 saturated carbocycles. The van der Waals surface area contributed by atoms with Gasteiger partial charge in [0.15, 0.2) is 0 Å². The predicted octanol–water partition coefficient (Wildman–Crippen LogP) is 3.57. The minimum absolute atomic E-state index is 0.00739. The van der Waals surface area contributed by atoms with Gasteiger partial charge in [0, 0.05) is 23.7 Å². The molecule has 1 saturated heterocycles. The van der Waals surface area contributed by atoms with E-state index < -0.39 is 15.6 Å². The Labute approximate surface area is 168 Å². The van der Waals surface area contributed by atoms with Crippen molar-refractivity contribution in [3.8, 4) is 5.75 Å². The summed E-state index contributed by atoms with van der Waals surface area (Å²) in [4.78, 5) is 15.3. The van der Waals surface area contributed by atoms with Gasteiger partial charge in [-0.1, -0.05) is 12.8 Å². The predicted molar refractivity (Wildman–Crippen MR) is 109 cm³/mol. The number of hydrogen-bond donors (Lipinski definition) is 1. The number of carbonyl (C=O) groups excluding carboxylic acids is 1. The summed E-state index contributed by atoms with van der Waals surface area (Å²) in [6.45, 7) is 6.09. The van der Waals surface area contributed by atoms with Crippen LogP contribution in [0.15, 0.2) is 23.1 Å². The molecule has 0 radical (unpaired) electrons. The molecule has 1 aliphatic heterocycles. The van der Waals surface area contributed by atoms with Crippen molar-refractivity contribution in [3.63, 3.8) is 0 Å². The van der Waals surface area contributed by atoms with Gasteiger partial charge in [-0.15, -0.1) is 0 Å². The fourth-order valence-electron chi connectivity index (χ4n) is 4.52. The van der Waals surface area contributed by atoms with E-state index in [-0.39, 0.29) is 22.6 Å². The number of amides is 1. The first-order valence-corrected chi connectivity index (χ1v) is 11.6. The van der Waals surface area contributed by atoms with Crippen LogP contribution in [-0.4, -0.2) is 44.5 Å². The highest BCUT2D eigenvalue weighted by Crippen LogP contribution is 2.36. The van der Waals surface area contributed by atoms with Crippen LogP contribution in [-0.2, 0) is 10.0 Å². The number of likely N-dealkylation sites (tertiary alicyclic amines) is 1. The van der Waals surface area contributed by atoms with Gasteiger partial charge in [-0.3, -0.25) is 4.79 Å². The summed E-state index contributed by atoms with van der Waals surface area (Å²) in [5.74, 6) is 0.740. The number of nitrogens with zero attached hydrogens (tertiary/aromatic N) is 1. The van der Waals surface area contributed by atoms with E-state index in [4.69, 9.17) is 4.74 Å². The topological polar surface area (TPSA) is 75.7 Å². The third-order valence-corrected chi connectivity index (χ3v) is 7.42. The maximum atomic E-state index is 13.3. The minimum atomic E-state index is -3.82. The molecule has 156 valence electrons. The summed E-state index contributed by atoms with van der Waals surface area (Å²) in [5, 5.41) is 0. The fourth-order valence-corrected chi connectivity index (χ4v) is 6.14. The average molecular weight is 409 g/mol. The Kier molecular flexibility index (Phi) is 6.05. The molecule has 1 heterocycles. The second kappa shape index (κ2) is 8.03. The molecule has 3 rings (SSSR count). The zero-order valence-corrected chi connectivity index (χ0v) is 18.1. The molecule has 1 aliphatic carbocycles. The van der Waals surface area contributed by atoms with Crippen LogP contribution in [0.1, 0.15) is 69.7 Å². The average Bonchev–Trinajstić information content (AvgIpc) is 2.64. The molecule has 2 atom stereocenters. The molecule has 28 heavy (non-hydrogen) atoms. The Bertz CT molecular complexity index is 827. The maximum absolute atomic E-state index is 13.3. The van der Waals surface area contributed by atoms with Crippen molar-refractivity contribution < 1.29 is 17.9 Å². The molecule has 1 aromatic carbocycles. The number of hydrogen-bond acceptors (Lipinski definition) is 4. The summed E-state index contributed by atoms with van der Waals surface area (Å²) in [6.07, 6.45) is 6.83. The Morgan fingerprint density at radius 1 is 1.14 bits per heavy atom. The number of methoxy groups -OCH3 is 1. The van der Waals surface area contributed by atoms with Gasteiger partial charge in [-0.25, -0.2) is 13.1 Å². The number of piperidine rings is 1. The lowest BCUT2D eigenvalue weighted by atomic mass is 9.78. The van der Waals surface area contributed by atoms with Crippen molar-refractivity contribution in [2.75, 3.05) is 13.7 Å². The SMILES string of the molecule is COc1ccc(C(=O)N2CCCC3CCCCC32)cc1S(=O)(=O)NC(C)(C)C. The molecular weight excluding hydrogens is 376 g/mol. The molecule has 2 fully saturated rings. The van der Waals surface area contributed by atoms with Crippen molar-refractivity contribution in [3.05, 3.63) is 23.8 Å². The van der Waals surface area contributed by atoms with Crippen molar-refractivity contribution >= 4 is 15.9 Å². The van der Waals surface area contributed by atoms with Crippen LogP contribution in [0.4, 0.5) is 0 Å². The van der Waals surface area contributed by atoms with E-state index in [0.29, 0.717) is 11.5 Å². The van der Waals surface area contributed by atoms with Crippen molar-refractivity contribution in [2.45, 2.75) is 75.8 Å². The molecule has 0 aromatic heterocycles. The van der Waals surface area contributed by atoms with Crippen LogP contribution in [0.5, 0.6) is 5.75 Å². The van der Waals surface area contributed by atoms with Crippen LogP contribution < -0.4 is 9.46 Å². The zero-order chi connectivity index (χ0) is 20.5. The van der Waals surface area contributed by atoms with Gasteiger partial charge >= 0.3 is 0 Å². The van der Waals surface area contributed by atoms with Crippen molar-refractivity contribution in [2.24, 2.45) is 5.92 Å². The molecule has 2 unspecified atom stereocenters. The first-order valence-electron chi connectivity index (χ1n) is 10.2. The van der Waals surface area contributed by atoms with Gasteiger partial charge in [0.05, 0.1) is 7.11 Å². The molecule has 2 aliphatic rings. The lowest BCUT2D eigenvalue weighted by molar-refractivity contribution is 0.0390. The highest BCUT2D eigenvalue weighted by Gasteiger charge is 2.36. The quantitative estimate of drug-likeness (QED) is 0.826. The van der Waals surface area contributed by atoms with Gasteiger partial charge < -0.3 is 9.64 Å². The van der Waals surface area contributed by atoms with Gasteiger partial charge in [0.1, 0.15) is 10.6 Å². The highest BCUT2D eigenvalue weighted by atomic mass is 32.2. The van der Waals surface area contributed by atoms with Gasteiger partial charge in [-0.2, -0.15) is 0 Å². The van der Waals surface area contributed by atoms with E-state index in [1.807, 2.05) is 4.90 Å². The Morgan fingerprint density at radius 3 is 2.50 bits per heavy atom. The number of sulfonamides is 1. The van der Waals surface area contributed by atoms with Crippen molar-refractivity contribution in [1.82, 2.24) is 9.62 Å². The first-order chi connectivity index (χ1) is 13.1. The first kappa shape index (κ1) is 21.1.